The van der Waals surface area contributed by atoms with Gasteiger partial charge in [-0.2, -0.15) is 0 Å². The Labute approximate surface area is 120 Å². The zero-order valence-electron chi connectivity index (χ0n) is 12.1. The predicted molar refractivity (Wildman–Crippen MR) is 72.8 cm³/mol. The molecule has 5 nitrogen and oxygen atoms in total. The summed E-state index contributed by atoms with van der Waals surface area (Å²) < 4.78 is 15.5. The number of ether oxygens (including phenoxy) is 3. The Morgan fingerprint density at radius 2 is 2.10 bits per heavy atom. The van der Waals surface area contributed by atoms with Gasteiger partial charge in [0.2, 0.25) is 0 Å². The molecule has 0 aromatic heterocycles. The van der Waals surface area contributed by atoms with Gasteiger partial charge in [-0.3, -0.25) is 9.59 Å². The van der Waals surface area contributed by atoms with E-state index in [1.54, 1.807) is 6.92 Å². The molecule has 1 aliphatic heterocycles. The van der Waals surface area contributed by atoms with E-state index in [2.05, 4.69) is 11.8 Å². The fourth-order valence-electron chi connectivity index (χ4n) is 1.83. The third-order valence-corrected chi connectivity index (χ3v) is 2.94. The van der Waals surface area contributed by atoms with Crippen LogP contribution in [0.25, 0.3) is 0 Å². The highest BCUT2D eigenvalue weighted by Crippen LogP contribution is 2.12. The van der Waals surface area contributed by atoms with Gasteiger partial charge < -0.3 is 14.2 Å². The molecule has 0 aliphatic carbocycles. The van der Waals surface area contributed by atoms with E-state index in [1.165, 1.54) is 0 Å². The molecular formula is C15H22O5. The van der Waals surface area contributed by atoms with E-state index in [0.717, 1.165) is 19.4 Å². The van der Waals surface area contributed by atoms with Gasteiger partial charge in [-0.25, -0.2) is 0 Å². The Hall–Kier alpha value is -1.54. The molecule has 0 aromatic rings. The van der Waals surface area contributed by atoms with Gasteiger partial charge in [0.15, 0.2) is 6.10 Å². The minimum atomic E-state index is -0.423. The van der Waals surface area contributed by atoms with Crippen molar-refractivity contribution in [3.63, 3.8) is 0 Å². The Bertz CT molecular complexity index is 373. The highest BCUT2D eigenvalue weighted by molar-refractivity contribution is 5.77. The molecule has 1 fully saturated rings. The van der Waals surface area contributed by atoms with Crippen LogP contribution < -0.4 is 0 Å². The first-order valence-corrected chi connectivity index (χ1v) is 7.04. The van der Waals surface area contributed by atoms with Crippen molar-refractivity contribution in [3.8, 4) is 11.8 Å². The molecule has 1 rings (SSSR count). The van der Waals surface area contributed by atoms with Crippen LogP contribution in [0.1, 0.15) is 46.0 Å². The third kappa shape index (κ3) is 6.58. The van der Waals surface area contributed by atoms with Crippen LogP contribution in [0.15, 0.2) is 0 Å². The highest BCUT2D eigenvalue weighted by atomic mass is 16.6. The molecule has 0 saturated carbocycles. The number of carbonyl (C=O) groups is 2. The smallest absolute Gasteiger partial charge is 0.307 e. The molecule has 112 valence electrons. The van der Waals surface area contributed by atoms with Crippen molar-refractivity contribution in [2.75, 3.05) is 13.2 Å². The second kappa shape index (κ2) is 9.38. The van der Waals surface area contributed by atoms with E-state index < -0.39 is 18.0 Å². The van der Waals surface area contributed by atoms with E-state index in [0.29, 0.717) is 6.42 Å². The number of hydrogen-bond acceptors (Lipinski definition) is 5. The lowest BCUT2D eigenvalue weighted by Crippen LogP contribution is -2.20. The molecule has 20 heavy (non-hydrogen) atoms. The summed E-state index contributed by atoms with van der Waals surface area (Å²) in [5.74, 6) is 4.68. The minimum absolute atomic E-state index is 0.00945. The van der Waals surface area contributed by atoms with Gasteiger partial charge >= 0.3 is 11.9 Å². The SMILES string of the molecule is CC#CC(CC)OC(=O)CCC(=O)OCC1CCCO1. The van der Waals surface area contributed by atoms with E-state index >= 15 is 0 Å². The van der Waals surface area contributed by atoms with Gasteiger partial charge in [0, 0.05) is 6.61 Å². The van der Waals surface area contributed by atoms with Crippen molar-refractivity contribution in [2.45, 2.75) is 58.2 Å². The van der Waals surface area contributed by atoms with Crippen LogP contribution in [-0.4, -0.2) is 37.4 Å². The van der Waals surface area contributed by atoms with Crippen molar-refractivity contribution >= 4 is 11.9 Å². The van der Waals surface area contributed by atoms with Crippen molar-refractivity contribution in [2.24, 2.45) is 0 Å². The minimum Gasteiger partial charge on any atom is -0.463 e. The summed E-state index contributed by atoms with van der Waals surface area (Å²) in [5.41, 5.74) is 0. The number of rotatable bonds is 7. The van der Waals surface area contributed by atoms with Gasteiger partial charge in [-0.1, -0.05) is 12.8 Å². The molecule has 0 bridgehead atoms. The maximum absolute atomic E-state index is 11.5. The summed E-state index contributed by atoms with van der Waals surface area (Å²) in [5, 5.41) is 0. The summed E-state index contributed by atoms with van der Waals surface area (Å²) in [6, 6.07) is 0. The molecule has 0 N–H and O–H groups in total. The maximum Gasteiger partial charge on any atom is 0.307 e. The third-order valence-electron chi connectivity index (χ3n) is 2.94. The van der Waals surface area contributed by atoms with Crippen molar-refractivity contribution in [1.29, 1.82) is 0 Å². The fourth-order valence-corrected chi connectivity index (χ4v) is 1.83. The first-order chi connectivity index (χ1) is 9.65. The van der Waals surface area contributed by atoms with Gasteiger partial charge in [-0.15, -0.1) is 5.92 Å². The quantitative estimate of drug-likeness (QED) is 0.526. The monoisotopic (exact) mass is 282 g/mol. The summed E-state index contributed by atoms with van der Waals surface area (Å²) in [4.78, 5) is 23.0. The number of esters is 2. The summed E-state index contributed by atoms with van der Waals surface area (Å²) in [6.45, 7) is 4.58. The lowest BCUT2D eigenvalue weighted by molar-refractivity contribution is -0.153. The average molecular weight is 282 g/mol. The number of carbonyl (C=O) groups excluding carboxylic acids is 2. The Morgan fingerprint density at radius 1 is 1.35 bits per heavy atom. The van der Waals surface area contributed by atoms with E-state index in [9.17, 15) is 9.59 Å². The lowest BCUT2D eigenvalue weighted by atomic mass is 10.2. The van der Waals surface area contributed by atoms with E-state index in [4.69, 9.17) is 14.2 Å². The van der Waals surface area contributed by atoms with Crippen molar-refractivity contribution in [1.82, 2.24) is 0 Å². The Morgan fingerprint density at radius 3 is 2.70 bits per heavy atom. The fraction of sp³-hybridized carbons (Fsp3) is 0.733. The molecule has 0 amide bonds. The molecule has 0 aromatic carbocycles. The van der Waals surface area contributed by atoms with Crippen LogP contribution in [0.3, 0.4) is 0 Å². The summed E-state index contributed by atoms with van der Waals surface area (Å²) in [6.07, 6.45) is 2.23. The van der Waals surface area contributed by atoms with Crippen LogP contribution in [-0.2, 0) is 23.8 Å². The van der Waals surface area contributed by atoms with Gasteiger partial charge in [0.05, 0.1) is 18.9 Å². The topological polar surface area (TPSA) is 61.8 Å². The molecule has 0 radical (unpaired) electrons. The van der Waals surface area contributed by atoms with Crippen LogP contribution in [0.2, 0.25) is 0 Å². The predicted octanol–water partition coefficient (Wildman–Crippen LogP) is 1.83. The molecule has 1 saturated heterocycles. The standard InChI is InChI=1S/C15H22O5/c1-3-6-12(4-2)20-15(17)9-8-14(16)19-11-13-7-5-10-18-13/h12-13H,4-5,7-11H2,1-2H3. The van der Waals surface area contributed by atoms with Gasteiger partial charge in [-0.05, 0) is 26.2 Å². The zero-order chi connectivity index (χ0) is 14.8. The molecular weight excluding hydrogens is 260 g/mol. The molecule has 1 heterocycles. The largest absolute Gasteiger partial charge is 0.463 e. The maximum atomic E-state index is 11.5. The van der Waals surface area contributed by atoms with Crippen molar-refractivity contribution in [3.05, 3.63) is 0 Å². The van der Waals surface area contributed by atoms with Gasteiger partial charge in [0.25, 0.3) is 0 Å². The second-order valence-corrected chi connectivity index (χ2v) is 4.60. The molecule has 0 spiro atoms. The van der Waals surface area contributed by atoms with E-state index in [-0.39, 0.29) is 25.6 Å². The normalized spacial score (nSPS) is 18.8. The molecule has 5 heteroatoms. The van der Waals surface area contributed by atoms with Crippen LogP contribution in [0, 0.1) is 11.8 Å². The second-order valence-electron chi connectivity index (χ2n) is 4.60. The van der Waals surface area contributed by atoms with Gasteiger partial charge in [0.1, 0.15) is 6.61 Å². The first kappa shape index (κ1) is 16.5. The zero-order valence-corrected chi connectivity index (χ0v) is 12.1. The molecule has 2 atom stereocenters. The van der Waals surface area contributed by atoms with E-state index in [1.807, 2.05) is 6.92 Å². The van der Waals surface area contributed by atoms with Crippen LogP contribution in [0.4, 0.5) is 0 Å². The van der Waals surface area contributed by atoms with Crippen LogP contribution >= 0.6 is 0 Å². The summed E-state index contributed by atoms with van der Waals surface area (Å²) in [7, 11) is 0. The molecule has 2 unspecified atom stereocenters. The van der Waals surface area contributed by atoms with Crippen LogP contribution in [0.5, 0.6) is 0 Å². The summed E-state index contributed by atoms with van der Waals surface area (Å²) >= 11 is 0. The van der Waals surface area contributed by atoms with Crippen molar-refractivity contribution < 1.29 is 23.8 Å². The Balaban J connectivity index is 2.15. The molecule has 1 aliphatic rings. The number of hydrogen-bond donors (Lipinski definition) is 0. The highest BCUT2D eigenvalue weighted by Gasteiger charge is 2.18. The lowest BCUT2D eigenvalue weighted by Gasteiger charge is -2.11. The first-order valence-electron chi connectivity index (χ1n) is 7.04. The average Bonchev–Trinajstić information content (AvgIpc) is 2.95. The Kier molecular flexibility index (Phi) is 7.74.